The van der Waals surface area contributed by atoms with E-state index in [2.05, 4.69) is 13.8 Å². The topological polar surface area (TPSA) is 26.0 Å². The van der Waals surface area contributed by atoms with Crippen molar-refractivity contribution in [3.8, 4) is 0 Å². The highest BCUT2D eigenvalue weighted by atomic mass is 19.1. The fourth-order valence-corrected chi connectivity index (χ4v) is 1.74. The zero-order chi connectivity index (χ0) is 11.5. The van der Waals surface area contributed by atoms with Gasteiger partial charge in [0.25, 0.3) is 0 Å². The molecule has 1 nitrogen and oxygen atoms in total. The number of benzene rings is 1. The third kappa shape index (κ3) is 3.03. The Morgan fingerprint density at radius 3 is 2.33 bits per heavy atom. The second-order valence-electron chi connectivity index (χ2n) is 4.32. The Balaban J connectivity index is 2.89. The third-order valence-electron chi connectivity index (χ3n) is 3.26. The summed E-state index contributed by atoms with van der Waals surface area (Å²) in [5.41, 5.74) is 8.24. The Morgan fingerprint density at radius 1 is 1.27 bits per heavy atom. The van der Waals surface area contributed by atoms with Crippen molar-refractivity contribution in [1.29, 1.82) is 0 Å². The molecule has 15 heavy (non-hydrogen) atoms. The summed E-state index contributed by atoms with van der Waals surface area (Å²) in [5, 5.41) is 0. The van der Waals surface area contributed by atoms with Gasteiger partial charge in [-0.05, 0) is 49.4 Å². The summed E-state index contributed by atoms with van der Waals surface area (Å²) in [6.07, 6.45) is 2.72. The maximum atomic E-state index is 12.9. The molecule has 2 heteroatoms. The molecule has 0 bridgehead atoms. The molecular formula is C13H20FN. The number of hydrogen-bond donors (Lipinski definition) is 1. The molecule has 0 aromatic heterocycles. The first kappa shape index (κ1) is 12.2. The number of nitrogens with two attached hydrogens (primary N) is 1. The zero-order valence-electron chi connectivity index (χ0n) is 9.81. The van der Waals surface area contributed by atoms with Crippen molar-refractivity contribution < 1.29 is 4.39 Å². The lowest BCUT2D eigenvalue weighted by molar-refractivity contribution is 0.392. The first-order valence-electron chi connectivity index (χ1n) is 5.54. The van der Waals surface area contributed by atoms with Crippen LogP contribution in [0.15, 0.2) is 18.2 Å². The van der Waals surface area contributed by atoms with Gasteiger partial charge in [-0.3, -0.25) is 0 Å². The van der Waals surface area contributed by atoms with Gasteiger partial charge in [0.2, 0.25) is 0 Å². The lowest BCUT2D eigenvalue weighted by atomic mass is 9.85. The van der Waals surface area contributed by atoms with Crippen molar-refractivity contribution in [2.45, 2.75) is 45.6 Å². The van der Waals surface area contributed by atoms with Gasteiger partial charge in [0.05, 0.1) is 0 Å². The Labute approximate surface area is 91.5 Å². The molecule has 0 spiro atoms. The van der Waals surface area contributed by atoms with Gasteiger partial charge in [-0.25, -0.2) is 4.39 Å². The predicted molar refractivity (Wildman–Crippen MR) is 62.3 cm³/mol. The quantitative estimate of drug-likeness (QED) is 0.809. The molecule has 1 aromatic rings. The molecular weight excluding hydrogens is 189 g/mol. The Hall–Kier alpha value is -0.890. The second-order valence-corrected chi connectivity index (χ2v) is 4.32. The molecule has 0 unspecified atom stereocenters. The summed E-state index contributed by atoms with van der Waals surface area (Å²) < 4.78 is 12.9. The molecule has 0 aliphatic carbocycles. The summed E-state index contributed by atoms with van der Waals surface area (Å²) >= 11 is 0. The van der Waals surface area contributed by atoms with E-state index in [9.17, 15) is 4.39 Å². The second kappa shape index (κ2) is 4.75. The molecule has 0 saturated heterocycles. The number of rotatable bonds is 4. The first-order chi connectivity index (χ1) is 7.00. The molecule has 0 radical (unpaired) electrons. The maximum absolute atomic E-state index is 12.9. The smallest absolute Gasteiger partial charge is 0.123 e. The van der Waals surface area contributed by atoms with Crippen LogP contribution in [0.25, 0.3) is 0 Å². The van der Waals surface area contributed by atoms with E-state index in [1.807, 2.05) is 13.0 Å². The monoisotopic (exact) mass is 209 g/mol. The molecule has 1 aromatic carbocycles. The van der Waals surface area contributed by atoms with E-state index in [0.29, 0.717) is 0 Å². The van der Waals surface area contributed by atoms with Crippen LogP contribution >= 0.6 is 0 Å². The van der Waals surface area contributed by atoms with Crippen LogP contribution < -0.4 is 5.73 Å². The van der Waals surface area contributed by atoms with E-state index in [1.54, 1.807) is 6.07 Å². The number of halogens is 1. The molecule has 0 heterocycles. The Kier molecular flexibility index (Phi) is 3.86. The predicted octanol–water partition coefficient (Wildman–Crippen LogP) is 3.19. The van der Waals surface area contributed by atoms with Gasteiger partial charge in [-0.15, -0.1) is 0 Å². The van der Waals surface area contributed by atoms with Gasteiger partial charge >= 0.3 is 0 Å². The largest absolute Gasteiger partial charge is 0.325 e. The molecule has 2 N–H and O–H groups in total. The van der Waals surface area contributed by atoms with Crippen LogP contribution in [0.1, 0.15) is 37.8 Å². The molecule has 84 valence electrons. The number of aryl methyl sites for hydroxylation is 1. The molecule has 0 amide bonds. The summed E-state index contributed by atoms with van der Waals surface area (Å²) in [4.78, 5) is 0. The molecule has 0 aliphatic heterocycles. The van der Waals surface area contributed by atoms with E-state index in [-0.39, 0.29) is 11.4 Å². The summed E-state index contributed by atoms with van der Waals surface area (Å²) in [5.74, 6) is -0.174. The molecule has 0 atom stereocenters. The summed E-state index contributed by atoms with van der Waals surface area (Å²) in [6, 6.07) is 4.92. The highest BCUT2D eigenvalue weighted by molar-refractivity contribution is 5.28. The van der Waals surface area contributed by atoms with Crippen molar-refractivity contribution in [2.75, 3.05) is 0 Å². The normalized spacial score (nSPS) is 11.8. The third-order valence-corrected chi connectivity index (χ3v) is 3.26. The fourth-order valence-electron chi connectivity index (χ4n) is 1.74. The average Bonchev–Trinajstić information content (AvgIpc) is 2.22. The highest BCUT2D eigenvalue weighted by Gasteiger charge is 2.21. The minimum Gasteiger partial charge on any atom is -0.325 e. The van der Waals surface area contributed by atoms with Crippen LogP contribution in [0.5, 0.6) is 0 Å². The summed E-state index contributed by atoms with van der Waals surface area (Å²) in [6.45, 7) is 6.13. The van der Waals surface area contributed by atoms with Gasteiger partial charge in [-0.2, -0.15) is 0 Å². The van der Waals surface area contributed by atoms with Crippen molar-refractivity contribution in [2.24, 2.45) is 5.73 Å². The Morgan fingerprint density at radius 2 is 1.87 bits per heavy atom. The minimum atomic E-state index is -0.174. The molecule has 0 fully saturated rings. The van der Waals surface area contributed by atoms with Crippen molar-refractivity contribution in [3.05, 3.63) is 35.1 Å². The lowest BCUT2D eigenvalue weighted by Gasteiger charge is -2.27. The Bertz CT molecular complexity index is 329. The van der Waals surface area contributed by atoms with Crippen LogP contribution in [-0.2, 0) is 6.42 Å². The van der Waals surface area contributed by atoms with Crippen molar-refractivity contribution >= 4 is 0 Å². The van der Waals surface area contributed by atoms with Gasteiger partial charge < -0.3 is 5.73 Å². The number of hydrogen-bond acceptors (Lipinski definition) is 1. The van der Waals surface area contributed by atoms with E-state index in [1.165, 1.54) is 6.07 Å². The molecule has 0 aliphatic rings. The van der Waals surface area contributed by atoms with E-state index < -0.39 is 0 Å². The maximum Gasteiger partial charge on any atom is 0.123 e. The van der Waals surface area contributed by atoms with E-state index >= 15 is 0 Å². The van der Waals surface area contributed by atoms with Gasteiger partial charge in [-0.1, -0.05) is 19.9 Å². The van der Waals surface area contributed by atoms with Crippen LogP contribution in [0.2, 0.25) is 0 Å². The standard InChI is InChI=1S/C13H20FN/c1-4-13(15,5-2)9-11-6-7-12(14)8-10(11)3/h6-8H,4-5,9,15H2,1-3H3. The average molecular weight is 209 g/mol. The lowest BCUT2D eigenvalue weighted by Crippen LogP contribution is -2.40. The van der Waals surface area contributed by atoms with Gasteiger partial charge in [0, 0.05) is 5.54 Å². The molecule has 0 saturated carbocycles. The van der Waals surface area contributed by atoms with Crippen LogP contribution in [-0.4, -0.2) is 5.54 Å². The highest BCUT2D eigenvalue weighted by Crippen LogP contribution is 2.21. The van der Waals surface area contributed by atoms with E-state index in [4.69, 9.17) is 5.73 Å². The molecule has 1 rings (SSSR count). The zero-order valence-corrected chi connectivity index (χ0v) is 9.81. The van der Waals surface area contributed by atoms with Crippen molar-refractivity contribution in [3.63, 3.8) is 0 Å². The van der Waals surface area contributed by atoms with Crippen LogP contribution in [0.3, 0.4) is 0 Å². The first-order valence-corrected chi connectivity index (χ1v) is 5.54. The summed E-state index contributed by atoms with van der Waals surface area (Å²) in [7, 11) is 0. The van der Waals surface area contributed by atoms with Crippen molar-refractivity contribution in [1.82, 2.24) is 0 Å². The van der Waals surface area contributed by atoms with Gasteiger partial charge in [0.1, 0.15) is 5.82 Å². The van der Waals surface area contributed by atoms with Crippen LogP contribution in [0.4, 0.5) is 4.39 Å². The minimum absolute atomic E-state index is 0.150. The van der Waals surface area contributed by atoms with E-state index in [0.717, 1.165) is 30.4 Å². The van der Waals surface area contributed by atoms with Crippen LogP contribution in [0, 0.1) is 12.7 Å². The SMILES string of the molecule is CCC(N)(CC)Cc1ccc(F)cc1C. The van der Waals surface area contributed by atoms with Gasteiger partial charge in [0.15, 0.2) is 0 Å². The fraction of sp³-hybridized carbons (Fsp3) is 0.538.